The van der Waals surface area contributed by atoms with Gasteiger partial charge in [0.15, 0.2) is 5.75 Å². The van der Waals surface area contributed by atoms with Crippen molar-refractivity contribution >= 4 is 27.6 Å². The second-order valence-corrected chi connectivity index (χ2v) is 4.78. The van der Waals surface area contributed by atoms with E-state index in [1.807, 2.05) is 0 Å². The molecule has 0 fully saturated rings. The van der Waals surface area contributed by atoms with Gasteiger partial charge in [0.05, 0.1) is 12.0 Å². The molecule has 8 heteroatoms. The van der Waals surface area contributed by atoms with Crippen molar-refractivity contribution in [3.63, 3.8) is 0 Å². The van der Waals surface area contributed by atoms with Crippen LogP contribution in [0.1, 0.15) is 11.1 Å². The van der Waals surface area contributed by atoms with Crippen LogP contribution in [0.15, 0.2) is 10.5 Å². The Hall–Kier alpha value is -1.67. The molecule has 0 amide bonds. The first-order chi connectivity index (χ1) is 8.79. The highest BCUT2D eigenvalue weighted by Gasteiger charge is 2.25. The molecule has 1 aromatic rings. The Kier molecular flexibility index (Phi) is 4.84. The lowest BCUT2D eigenvalue weighted by Crippen LogP contribution is -2.33. The summed E-state index contributed by atoms with van der Waals surface area (Å²) in [5.74, 6) is -1.14. The predicted molar refractivity (Wildman–Crippen MR) is 70.9 cm³/mol. The van der Waals surface area contributed by atoms with Crippen LogP contribution in [0.5, 0.6) is 5.75 Å². The van der Waals surface area contributed by atoms with E-state index in [2.05, 4.69) is 20.7 Å². The molecule has 0 saturated heterocycles. The average molecular weight is 333 g/mol. The Morgan fingerprint density at radius 3 is 2.74 bits per heavy atom. The highest BCUT2D eigenvalue weighted by Crippen LogP contribution is 2.38. The van der Waals surface area contributed by atoms with E-state index in [0.29, 0.717) is 10.0 Å². The number of halogens is 1. The Bertz CT molecular complexity index is 532. The number of carbonyl (C=O) groups is 1. The van der Waals surface area contributed by atoms with Crippen molar-refractivity contribution in [3.05, 3.63) is 31.8 Å². The number of benzene rings is 1. The number of esters is 1. The zero-order valence-corrected chi connectivity index (χ0v) is 11.9. The molecule has 1 unspecified atom stereocenters. The summed E-state index contributed by atoms with van der Waals surface area (Å²) in [6, 6.07) is 0.505. The molecule has 1 rings (SSSR count). The second kappa shape index (κ2) is 5.98. The fourth-order valence-electron chi connectivity index (χ4n) is 1.62. The smallest absolute Gasteiger partial charge is 0.322 e. The molecule has 0 aliphatic rings. The fraction of sp³-hybridized carbons (Fsp3) is 0.364. The quantitative estimate of drug-likeness (QED) is 0.489. The maximum atomic E-state index is 11.2. The molecule has 0 aliphatic carbocycles. The van der Waals surface area contributed by atoms with E-state index in [-0.39, 0.29) is 12.0 Å². The van der Waals surface area contributed by atoms with Gasteiger partial charge in [0.1, 0.15) is 6.04 Å². The number of nitrogens with zero attached hydrogens (tertiary/aromatic N) is 1. The van der Waals surface area contributed by atoms with Crippen LogP contribution in [0.2, 0.25) is 0 Å². The minimum Gasteiger partial charge on any atom is -0.502 e. The normalized spacial score (nSPS) is 12.0. The Balaban J connectivity index is 3.23. The van der Waals surface area contributed by atoms with Gasteiger partial charge in [0.25, 0.3) is 0 Å². The van der Waals surface area contributed by atoms with E-state index in [0.717, 1.165) is 0 Å². The lowest BCUT2D eigenvalue weighted by Gasteiger charge is -2.12. The first kappa shape index (κ1) is 15.4. The van der Waals surface area contributed by atoms with E-state index in [1.54, 1.807) is 0 Å². The van der Waals surface area contributed by atoms with Crippen LogP contribution in [-0.4, -0.2) is 29.2 Å². The summed E-state index contributed by atoms with van der Waals surface area (Å²) in [6.07, 6.45) is -0.0573. The van der Waals surface area contributed by atoms with Crippen molar-refractivity contribution in [2.75, 3.05) is 7.11 Å². The van der Waals surface area contributed by atoms with Gasteiger partial charge >= 0.3 is 11.7 Å². The first-order valence-electron chi connectivity index (χ1n) is 5.28. The molecule has 1 aromatic carbocycles. The van der Waals surface area contributed by atoms with Crippen LogP contribution in [0.25, 0.3) is 0 Å². The largest absolute Gasteiger partial charge is 0.502 e. The molecule has 0 bridgehead atoms. The number of carbonyl (C=O) groups excluding carboxylic acids is 1. The van der Waals surface area contributed by atoms with E-state index in [4.69, 9.17) is 5.73 Å². The van der Waals surface area contributed by atoms with Gasteiger partial charge in [-0.2, -0.15) is 0 Å². The van der Waals surface area contributed by atoms with Crippen molar-refractivity contribution in [2.45, 2.75) is 19.4 Å². The van der Waals surface area contributed by atoms with Gasteiger partial charge in [-0.3, -0.25) is 14.9 Å². The second-order valence-electron chi connectivity index (χ2n) is 3.93. The zero-order chi connectivity index (χ0) is 14.7. The number of hydrogen-bond donors (Lipinski definition) is 2. The maximum Gasteiger partial charge on any atom is 0.322 e. The molecule has 104 valence electrons. The topological polar surface area (TPSA) is 116 Å². The molecule has 3 N–H and O–H groups in total. The van der Waals surface area contributed by atoms with Crippen molar-refractivity contribution in [1.29, 1.82) is 0 Å². The zero-order valence-electron chi connectivity index (χ0n) is 10.3. The van der Waals surface area contributed by atoms with E-state index < -0.39 is 28.4 Å². The van der Waals surface area contributed by atoms with E-state index in [1.165, 1.54) is 20.1 Å². The molecule has 0 spiro atoms. The van der Waals surface area contributed by atoms with Crippen molar-refractivity contribution < 1.29 is 19.6 Å². The molecule has 0 heterocycles. The first-order valence-corrected chi connectivity index (χ1v) is 6.07. The number of nitro benzene ring substituents is 1. The predicted octanol–water partition coefficient (Wildman–Crippen LogP) is 1.41. The maximum absolute atomic E-state index is 11.2. The molecule has 1 atom stereocenters. The number of hydrogen-bond acceptors (Lipinski definition) is 6. The summed E-state index contributed by atoms with van der Waals surface area (Å²) in [6.45, 7) is 1.51. The molecule has 7 nitrogen and oxygen atoms in total. The monoisotopic (exact) mass is 332 g/mol. The highest BCUT2D eigenvalue weighted by atomic mass is 79.9. The van der Waals surface area contributed by atoms with Gasteiger partial charge in [0, 0.05) is 22.0 Å². The summed E-state index contributed by atoms with van der Waals surface area (Å²) in [5, 5.41) is 20.8. The molecule has 19 heavy (non-hydrogen) atoms. The number of aromatic hydroxyl groups is 1. The fourth-order valence-corrected chi connectivity index (χ4v) is 2.09. The third kappa shape index (κ3) is 3.21. The highest BCUT2D eigenvalue weighted by molar-refractivity contribution is 9.10. The van der Waals surface area contributed by atoms with Gasteiger partial charge in [-0.05, 0) is 13.0 Å². The third-order valence-corrected chi connectivity index (χ3v) is 3.49. The summed E-state index contributed by atoms with van der Waals surface area (Å²) in [5.41, 5.74) is 5.68. The van der Waals surface area contributed by atoms with Crippen LogP contribution in [0.3, 0.4) is 0 Å². The minimum absolute atomic E-state index is 0.0573. The molecule has 0 radical (unpaired) electrons. The summed E-state index contributed by atoms with van der Waals surface area (Å²) < 4.78 is 4.93. The lowest BCUT2D eigenvalue weighted by atomic mass is 10.0. The van der Waals surface area contributed by atoms with Gasteiger partial charge in [-0.25, -0.2) is 0 Å². The number of phenolic OH excluding ortho intramolecular Hbond substituents is 1. The molecular formula is C11H13BrN2O5. The molecular weight excluding hydrogens is 320 g/mol. The van der Waals surface area contributed by atoms with E-state index >= 15 is 0 Å². The number of nitrogens with two attached hydrogens (primary N) is 1. The van der Waals surface area contributed by atoms with Crippen molar-refractivity contribution in [2.24, 2.45) is 5.73 Å². The minimum atomic E-state index is -0.995. The Labute approximate surface area is 117 Å². The number of rotatable bonds is 4. The number of ether oxygens (including phenoxy) is 1. The van der Waals surface area contributed by atoms with E-state index in [9.17, 15) is 20.0 Å². The number of methoxy groups -OCH3 is 1. The lowest BCUT2D eigenvalue weighted by molar-refractivity contribution is -0.386. The van der Waals surface area contributed by atoms with Crippen LogP contribution < -0.4 is 5.73 Å². The van der Waals surface area contributed by atoms with Crippen molar-refractivity contribution in [3.8, 4) is 5.75 Å². The summed E-state index contributed by atoms with van der Waals surface area (Å²) in [4.78, 5) is 21.5. The number of nitro groups is 1. The molecule has 0 aliphatic heterocycles. The van der Waals surface area contributed by atoms with Gasteiger partial charge in [-0.15, -0.1) is 0 Å². The number of phenols is 1. The van der Waals surface area contributed by atoms with Crippen molar-refractivity contribution in [1.82, 2.24) is 0 Å². The standard InChI is InChI=1S/C11H13BrN2O5/c1-5-7(12)3-6(4-8(13)11(16)19-2)10(15)9(5)14(17)18/h3,8,15H,4,13H2,1-2H3. The van der Waals surface area contributed by atoms with Crippen LogP contribution in [0.4, 0.5) is 5.69 Å². The molecule has 0 saturated carbocycles. The van der Waals surface area contributed by atoms with Gasteiger partial charge in [0.2, 0.25) is 0 Å². The van der Waals surface area contributed by atoms with Crippen LogP contribution >= 0.6 is 15.9 Å². The summed E-state index contributed by atoms with van der Waals surface area (Å²) >= 11 is 3.17. The SMILES string of the molecule is COC(=O)C(N)Cc1cc(Br)c(C)c([N+](=O)[O-])c1O. The molecule has 0 aromatic heterocycles. The average Bonchev–Trinajstić information content (AvgIpc) is 2.34. The third-order valence-electron chi connectivity index (χ3n) is 2.67. The summed E-state index contributed by atoms with van der Waals surface area (Å²) in [7, 11) is 1.19. The Morgan fingerprint density at radius 1 is 1.68 bits per heavy atom. The van der Waals surface area contributed by atoms with Crippen LogP contribution in [-0.2, 0) is 16.0 Å². The Morgan fingerprint density at radius 2 is 2.26 bits per heavy atom. The van der Waals surface area contributed by atoms with Gasteiger partial charge < -0.3 is 15.6 Å². The van der Waals surface area contributed by atoms with Crippen LogP contribution in [0, 0.1) is 17.0 Å². The van der Waals surface area contributed by atoms with Gasteiger partial charge in [-0.1, -0.05) is 15.9 Å².